The van der Waals surface area contributed by atoms with Gasteiger partial charge in [-0.3, -0.25) is 4.79 Å². The lowest BCUT2D eigenvalue weighted by molar-refractivity contribution is -0.111. The molecule has 0 unspecified atom stereocenters. The van der Waals surface area contributed by atoms with Gasteiger partial charge in [-0.25, -0.2) is 0 Å². The highest BCUT2D eigenvalue weighted by molar-refractivity contribution is 6.00. The molecule has 2 rings (SSSR count). The van der Waals surface area contributed by atoms with Crippen LogP contribution in [0.5, 0.6) is 5.75 Å². The quantitative estimate of drug-likeness (QED) is 0.466. The van der Waals surface area contributed by atoms with Gasteiger partial charge in [0.05, 0.1) is 0 Å². The topological polar surface area (TPSA) is 49.3 Å². The summed E-state index contributed by atoms with van der Waals surface area (Å²) in [6.07, 6.45) is 7.38. The Bertz CT molecular complexity index is 769. The molecule has 0 radical (unpaired) electrons. The molecule has 0 aromatic heterocycles. The van der Waals surface area contributed by atoms with Crippen molar-refractivity contribution >= 4 is 17.2 Å². The number of carbonyl (C=O) groups excluding carboxylic acids is 1. The van der Waals surface area contributed by atoms with Crippen LogP contribution in [0.4, 0.5) is 5.69 Å². The van der Waals surface area contributed by atoms with Crippen molar-refractivity contribution in [2.24, 2.45) is 0 Å². The van der Waals surface area contributed by atoms with E-state index in [-0.39, 0.29) is 11.7 Å². The summed E-state index contributed by atoms with van der Waals surface area (Å²) in [6.45, 7) is 3.93. The number of allylic oxidation sites excluding steroid dienone is 5. The average Bonchev–Trinajstić information content (AvgIpc) is 2.57. The molecule has 2 N–H and O–H groups in total. The minimum absolute atomic E-state index is 0.170. The standard InChI is InChI=1S/C21H21NO2/c1-16(7-6-8-17(2)18-9-4-3-5-10-18)15-21(24)22-19-11-13-20(23)14-12-19/h3-15,23H,1-2H3,(H,22,24). The van der Waals surface area contributed by atoms with Crippen molar-refractivity contribution in [3.63, 3.8) is 0 Å². The Balaban J connectivity index is 1.95. The smallest absolute Gasteiger partial charge is 0.248 e. The lowest BCUT2D eigenvalue weighted by Gasteiger charge is -2.02. The van der Waals surface area contributed by atoms with Crippen LogP contribution < -0.4 is 5.32 Å². The first-order valence-corrected chi connectivity index (χ1v) is 7.73. The molecule has 3 nitrogen and oxygen atoms in total. The molecule has 0 saturated heterocycles. The van der Waals surface area contributed by atoms with Crippen LogP contribution in [-0.2, 0) is 4.79 Å². The Labute approximate surface area is 142 Å². The molecule has 122 valence electrons. The van der Waals surface area contributed by atoms with Crippen molar-refractivity contribution in [3.8, 4) is 5.75 Å². The highest BCUT2D eigenvalue weighted by Crippen LogP contribution is 2.14. The van der Waals surface area contributed by atoms with Crippen molar-refractivity contribution in [1.82, 2.24) is 0 Å². The van der Waals surface area contributed by atoms with Gasteiger partial charge >= 0.3 is 0 Å². The van der Waals surface area contributed by atoms with E-state index in [4.69, 9.17) is 0 Å². The predicted octanol–water partition coefficient (Wildman–Crippen LogP) is 4.94. The van der Waals surface area contributed by atoms with Crippen molar-refractivity contribution in [2.75, 3.05) is 5.32 Å². The van der Waals surface area contributed by atoms with E-state index >= 15 is 0 Å². The van der Waals surface area contributed by atoms with Crippen molar-refractivity contribution in [3.05, 3.63) is 90.0 Å². The Morgan fingerprint density at radius 2 is 1.67 bits per heavy atom. The summed E-state index contributed by atoms with van der Waals surface area (Å²) in [7, 11) is 0. The fourth-order valence-corrected chi connectivity index (χ4v) is 2.12. The number of nitrogens with one attached hydrogen (secondary N) is 1. The van der Waals surface area contributed by atoms with Crippen LogP contribution in [0.15, 0.2) is 84.5 Å². The zero-order valence-electron chi connectivity index (χ0n) is 13.9. The molecular weight excluding hydrogens is 298 g/mol. The first kappa shape index (κ1) is 17.3. The summed E-state index contributed by atoms with van der Waals surface area (Å²) < 4.78 is 0. The summed E-state index contributed by atoms with van der Waals surface area (Å²) in [5, 5.41) is 12.0. The van der Waals surface area contributed by atoms with E-state index in [9.17, 15) is 9.90 Å². The molecule has 0 spiro atoms. The number of phenolic OH excluding ortho intramolecular Hbond substituents is 1. The van der Waals surface area contributed by atoms with E-state index in [1.165, 1.54) is 23.8 Å². The second-order valence-corrected chi connectivity index (χ2v) is 5.50. The molecular formula is C21H21NO2. The summed E-state index contributed by atoms with van der Waals surface area (Å²) in [5.41, 5.74) is 3.83. The number of phenols is 1. The number of anilines is 1. The molecule has 24 heavy (non-hydrogen) atoms. The van der Waals surface area contributed by atoms with E-state index in [1.807, 2.05) is 43.4 Å². The summed E-state index contributed by atoms with van der Waals surface area (Å²) in [6, 6.07) is 16.5. The van der Waals surface area contributed by atoms with Gasteiger partial charge in [0, 0.05) is 11.8 Å². The molecule has 0 atom stereocenters. The zero-order valence-corrected chi connectivity index (χ0v) is 13.9. The number of amides is 1. The molecule has 0 bridgehead atoms. The van der Waals surface area contributed by atoms with E-state index in [0.717, 1.165) is 11.1 Å². The van der Waals surface area contributed by atoms with Gasteiger partial charge in [0.15, 0.2) is 0 Å². The van der Waals surface area contributed by atoms with Gasteiger partial charge < -0.3 is 10.4 Å². The average molecular weight is 319 g/mol. The zero-order chi connectivity index (χ0) is 17.4. The largest absolute Gasteiger partial charge is 0.508 e. The first-order valence-electron chi connectivity index (χ1n) is 7.73. The molecule has 0 aliphatic carbocycles. The van der Waals surface area contributed by atoms with E-state index in [2.05, 4.69) is 24.4 Å². The fraction of sp³-hybridized carbons (Fsp3) is 0.0952. The number of hydrogen-bond acceptors (Lipinski definition) is 2. The SMILES string of the molecule is CC(C=CC=C(C)c1ccccc1)=CC(=O)Nc1ccc(O)cc1. The molecule has 0 aliphatic rings. The lowest BCUT2D eigenvalue weighted by atomic mass is 10.1. The Kier molecular flexibility index (Phi) is 6.15. The van der Waals surface area contributed by atoms with Gasteiger partial charge in [0.2, 0.25) is 5.91 Å². The maximum absolute atomic E-state index is 11.9. The second-order valence-electron chi connectivity index (χ2n) is 5.50. The van der Waals surface area contributed by atoms with Gasteiger partial charge in [-0.2, -0.15) is 0 Å². The molecule has 0 saturated carbocycles. The monoisotopic (exact) mass is 319 g/mol. The van der Waals surface area contributed by atoms with Gasteiger partial charge in [0.1, 0.15) is 5.75 Å². The summed E-state index contributed by atoms with van der Waals surface area (Å²) >= 11 is 0. The summed E-state index contributed by atoms with van der Waals surface area (Å²) in [4.78, 5) is 11.9. The molecule has 3 heteroatoms. The Hall–Kier alpha value is -3.07. The maximum Gasteiger partial charge on any atom is 0.248 e. The number of rotatable bonds is 5. The molecule has 2 aromatic carbocycles. The summed E-state index contributed by atoms with van der Waals surface area (Å²) in [5.74, 6) is -0.0326. The van der Waals surface area contributed by atoms with E-state index in [1.54, 1.807) is 12.1 Å². The Morgan fingerprint density at radius 3 is 2.33 bits per heavy atom. The third-order valence-electron chi connectivity index (χ3n) is 3.43. The van der Waals surface area contributed by atoms with E-state index in [0.29, 0.717) is 5.69 Å². The molecule has 1 amide bonds. The highest BCUT2D eigenvalue weighted by atomic mass is 16.3. The number of benzene rings is 2. The first-order chi connectivity index (χ1) is 11.5. The van der Waals surface area contributed by atoms with Crippen LogP contribution in [0.3, 0.4) is 0 Å². The molecule has 2 aromatic rings. The molecule has 0 heterocycles. The van der Waals surface area contributed by atoms with Crippen LogP contribution >= 0.6 is 0 Å². The van der Waals surface area contributed by atoms with Crippen LogP contribution in [-0.4, -0.2) is 11.0 Å². The van der Waals surface area contributed by atoms with Gasteiger partial charge in [-0.05, 0) is 54.8 Å². The Morgan fingerprint density at radius 1 is 1.00 bits per heavy atom. The van der Waals surface area contributed by atoms with Crippen LogP contribution in [0, 0.1) is 0 Å². The molecule has 0 fully saturated rings. The number of aromatic hydroxyl groups is 1. The van der Waals surface area contributed by atoms with Crippen LogP contribution in [0.2, 0.25) is 0 Å². The van der Waals surface area contributed by atoms with Crippen molar-refractivity contribution in [2.45, 2.75) is 13.8 Å². The minimum atomic E-state index is -0.202. The second kappa shape index (κ2) is 8.53. The third kappa shape index (κ3) is 5.61. The van der Waals surface area contributed by atoms with Gasteiger partial charge in [-0.15, -0.1) is 0 Å². The lowest BCUT2D eigenvalue weighted by Crippen LogP contribution is -2.08. The molecule has 0 aliphatic heterocycles. The van der Waals surface area contributed by atoms with Gasteiger partial charge in [0.25, 0.3) is 0 Å². The normalized spacial score (nSPS) is 12.4. The predicted molar refractivity (Wildman–Crippen MR) is 99.7 cm³/mol. The van der Waals surface area contributed by atoms with Gasteiger partial charge in [-0.1, -0.05) is 48.6 Å². The highest BCUT2D eigenvalue weighted by Gasteiger charge is 1.98. The van der Waals surface area contributed by atoms with E-state index < -0.39 is 0 Å². The maximum atomic E-state index is 11.9. The third-order valence-corrected chi connectivity index (χ3v) is 3.43. The van der Waals surface area contributed by atoms with Crippen molar-refractivity contribution in [1.29, 1.82) is 0 Å². The number of carbonyl (C=O) groups is 1. The fourth-order valence-electron chi connectivity index (χ4n) is 2.12. The van der Waals surface area contributed by atoms with Crippen LogP contribution in [0.1, 0.15) is 19.4 Å². The minimum Gasteiger partial charge on any atom is -0.508 e. The van der Waals surface area contributed by atoms with Crippen molar-refractivity contribution < 1.29 is 9.90 Å². The van der Waals surface area contributed by atoms with Crippen LogP contribution in [0.25, 0.3) is 5.57 Å². The number of hydrogen-bond donors (Lipinski definition) is 2.